The molecule has 0 aliphatic heterocycles. The molecule has 0 aromatic heterocycles. The molecule has 1 aromatic rings. The number of hydrogen-bond donors (Lipinski definition) is 2. The average molecular weight is 278 g/mol. The Morgan fingerprint density at radius 3 is 2.75 bits per heavy atom. The zero-order valence-corrected chi connectivity index (χ0v) is 11.8. The number of hydrogen-bond acceptors (Lipinski definition) is 4. The number of aliphatic hydroxyl groups excluding tert-OH is 1. The van der Waals surface area contributed by atoms with Gasteiger partial charge in [0.2, 0.25) is 0 Å². The van der Waals surface area contributed by atoms with Crippen LogP contribution in [0.15, 0.2) is 24.3 Å². The number of aliphatic hydroxyl groups is 1. The van der Waals surface area contributed by atoms with Gasteiger partial charge in [0.25, 0.3) is 5.69 Å². The van der Waals surface area contributed by atoms with E-state index in [9.17, 15) is 15.2 Å². The highest BCUT2D eigenvalue weighted by Gasteiger charge is 2.20. The van der Waals surface area contributed by atoms with Gasteiger partial charge in [-0.2, -0.15) is 0 Å². The molecule has 5 heteroatoms. The predicted molar refractivity (Wildman–Crippen MR) is 77.5 cm³/mol. The van der Waals surface area contributed by atoms with E-state index >= 15 is 0 Å². The first-order valence-corrected chi connectivity index (χ1v) is 7.22. The standard InChI is InChI=1S/C15H22N2O3/c1-11(13-3-2-4-14(9-13)17(19)20)16-10-12-5-7-15(18)8-6-12/h2-4,9,11-12,15-16,18H,5-8,10H2,1H3. The summed E-state index contributed by atoms with van der Waals surface area (Å²) in [5, 5.41) is 23.7. The van der Waals surface area contributed by atoms with E-state index in [1.54, 1.807) is 12.1 Å². The predicted octanol–water partition coefficient (Wildman–Crippen LogP) is 2.80. The molecule has 110 valence electrons. The first-order valence-electron chi connectivity index (χ1n) is 7.22. The normalized spacial score (nSPS) is 24.3. The fourth-order valence-corrected chi connectivity index (χ4v) is 2.72. The van der Waals surface area contributed by atoms with Crippen molar-refractivity contribution in [2.24, 2.45) is 5.92 Å². The average Bonchev–Trinajstić information content (AvgIpc) is 2.46. The quantitative estimate of drug-likeness (QED) is 0.641. The van der Waals surface area contributed by atoms with E-state index in [4.69, 9.17) is 0 Å². The number of non-ortho nitro benzene ring substituents is 1. The maximum atomic E-state index is 10.8. The Kier molecular flexibility index (Phi) is 5.09. The van der Waals surface area contributed by atoms with Crippen molar-refractivity contribution in [3.8, 4) is 0 Å². The summed E-state index contributed by atoms with van der Waals surface area (Å²) in [4.78, 5) is 10.4. The van der Waals surface area contributed by atoms with Gasteiger partial charge < -0.3 is 10.4 Å². The van der Waals surface area contributed by atoms with E-state index in [0.29, 0.717) is 5.92 Å². The summed E-state index contributed by atoms with van der Waals surface area (Å²) in [6.07, 6.45) is 3.75. The van der Waals surface area contributed by atoms with E-state index in [2.05, 4.69) is 5.32 Å². The second-order valence-electron chi connectivity index (χ2n) is 5.66. The van der Waals surface area contributed by atoms with Gasteiger partial charge in [0.15, 0.2) is 0 Å². The van der Waals surface area contributed by atoms with E-state index in [1.165, 1.54) is 6.07 Å². The molecule has 0 amide bonds. The molecule has 1 aromatic carbocycles. The van der Waals surface area contributed by atoms with Crippen LogP contribution in [0.2, 0.25) is 0 Å². The molecule has 2 N–H and O–H groups in total. The first kappa shape index (κ1) is 14.9. The maximum absolute atomic E-state index is 10.8. The van der Waals surface area contributed by atoms with Crippen molar-refractivity contribution >= 4 is 5.69 Å². The summed E-state index contributed by atoms with van der Waals surface area (Å²) >= 11 is 0. The minimum atomic E-state index is -0.362. The Morgan fingerprint density at radius 1 is 1.40 bits per heavy atom. The molecule has 20 heavy (non-hydrogen) atoms. The highest BCUT2D eigenvalue weighted by Crippen LogP contribution is 2.25. The molecule has 1 atom stereocenters. The molecule has 0 bridgehead atoms. The van der Waals surface area contributed by atoms with Crippen molar-refractivity contribution in [2.75, 3.05) is 6.54 Å². The van der Waals surface area contributed by atoms with Crippen LogP contribution in [0, 0.1) is 16.0 Å². The fourth-order valence-electron chi connectivity index (χ4n) is 2.72. The lowest BCUT2D eigenvalue weighted by atomic mass is 9.87. The highest BCUT2D eigenvalue weighted by molar-refractivity contribution is 5.35. The first-order chi connectivity index (χ1) is 9.56. The monoisotopic (exact) mass is 278 g/mol. The molecule has 5 nitrogen and oxygen atoms in total. The minimum Gasteiger partial charge on any atom is -0.393 e. The third kappa shape index (κ3) is 4.02. The van der Waals surface area contributed by atoms with Crippen LogP contribution in [0.4, 0.5) is 5.69 Å². The van der Waals surface area contributed by atoms with Gasteiger partial charge in [0, 0.05) is 18.2 Å². The second-order valence-corrected chi connectivity index (χ2v) is 5.66. The number of nitro benzene ring substituents is 1. The van der Waals surface area contributed by atoms with Crippen molar-refractivity contribution in [2.45, 2.75) is 44.8 Å². The maximum Gasteiger partial charge on any atom is 0.269 e. The Morgan fingerprint density at radius 2 is 2.10 bits per heavy atom. The van der Waals surface area contributed by atoms with Crippen LogP contribution >= 0.6 is 0 Å². The molecule has 0 radical (unpaired) electrons. The summed E-state index contributed by atoms with van der Waals surface area (Å²) in [6, 6.07) is 6.88. The molecule has 1 saturated carbocycles. The minimum absolute atomic E-state index is 0.0988. The molecule has 0 heterocycles. The van der Waals surface area contributed by atoms with Crippen molar-refractivity contribution < 1.29 is 10.0 Å². The van der Waals surface area contributed by atoms with E-state index in [-0.39, 0.29) is 22.8 Å². The highest BCUT2D eigenvalue weighted by atomic mass is 16.6. The van der Waals surface area contributed by atoms with E-state index in [1.807, 2.05) is 13.0 Å². The SMILES string of the molecule is CC(NCC1CCC(O)CC1)c1cccc([N+](=O)[O-])c1. The lowest BCUT2D eigenvalue weighted by Gasteiger charge is -2.27. The summed E-state index contributed by atoms with van der Waals surface area (Å²) in [5.41, 5.74) is 1.08. The van der Waals surface area contributed by atoms with Crippen molar-refractivity contribution in [1.29, 1.82) is 0 Å². The van der Waals surface area contributed by atoms with Gasteiger partial charge in [-0.25, -0.2) is 0 Å². The van der Waals surface area contributed by atoms with Crippen LogP contribution in [0.25, 0.3) is 0 Å². The van der Waals surface area contributed by atoms with Crippen LogP contribution in [-0.4, -0.2) is 22.7 Å². The third-order valence-electron chi connectivity index (χ3n) is 4.11. The number of nitrogens with one attached hydrogen (secondary N) is 1. The van der Waals surface area contributed by atoms with Crippen LogP contribution < -0.4 is 5.32 Å². The van der Waals surface area contributed by atoms with Crippen molar-refractivity contribution in [3.05, 3.63) is 39.9 Å². The molecule has 0 spiro atoms. The summed E-state index contributed by atoms with van der Waals surface area (Å²) in [7, 11) is 0. The van der Waals surface area contributed by atoms with Gasteiger partial charge in [0.05, 0.1) is 11.0 Å². The van der Waals surface area contributed by atoms with Crippen molar-refractivity contribution in [1.82, 2.24) is 5.32 Å². The lowest BCUT2D eigenvalue weighted by Crippen LogP contribution is -2.29. The van der Waals surface area contributed by atoms with Gasteiger partial charge >= 0.3 is 0 Å². The Labute approximate surface area is 119 Å². The third-order valence-corrected chi connectivity index (χ3v) is 4.11. The topological polar surface area (TPSA) is 75.4 Å². The molecule has 1 aliphatic rings. The molecular formula is C15H22N2O3. The molecule has 0 saturated heterocycles. The van der Waals surface area contributed by atoms with Crippen molar-refractivity contribution in [3.63, 3.8) is 0 Å². The van der Waals surface area contributed by atoms with Gasteiger partial charge in [-0.1, -0.05) is 12.1 Å². The van der Waals surface area contributed by atoms with Crippen LogP contribution in [-0.2, 0) is 0 Å². The van der Waals surface area contributed by atoms with Gasteiger partial charge in [-0.05, 0) is 50.6 Å². The van der Waals surface area contributed by atoms with Crippen LogP contribution in [0.1, 0.15) is 44.2 Å². The largest absolute Gasteiger partial charge is 0.393 e. The van der Waals surface area contributed by atoms with Crippen LogP contribution in [0.3, 0.4) is 0 Å². The molecule has 2 rings (SSSR count). The Bertz CT molecular complexity index is 456. The number of nitrogens with zero attached hydrogens (tertiary/aromatic N) is 1. The number of rotatable bonds is 5. The van der Waals surface area contributed by atoms with Crippen LogP contribution in [0.5, 0.6) is 0 Å². The van der Waals surface area contributed by atoms with Gasteiger partial charge in [-0.15, -0.1) is 0 Å². The molecule has 1 unspecified atom stereocenters. The molecule has 1 fully saturated rings. The zero-order valence-electron chi connectivity index (χ0n) is 11.8. The summed E-state index contributed by atoms with van der Waals surface area (Å²) in [6.45, 7) is 2.92. The lowest BCUT2D eigenvalue weighted by molar-refractivity contribution is -0.384. The fraction of sp³-hybridized carbons (Fsp3) is 0.600. The van der Waals surface area contributed by atoms with E-state index < -0.39 is 0 Å². The van der Waals surface area contributed by atoms with Gasteiger partial charge in [0.1, 0.15) is 0 Å². The number of benzene rings is 1. The molecular weight excluding hydrogens is 256 g/mol. The summed E-state index contributed by atoms with van der Waals surface area (Å²) < 4.78 is 0. The Balaban J connectivity index is 1.86. The molecule has 1 aliphatic carbocycles. The van der Waals surface area contributed by atoms with Gasteiger partial charge in [-0.3, -0.25) is 10.1 Å². The summed E-state index contributed by atoms with van der Waals surface area (Å²) in [5.74, 6) is 0.597. The Hall–Kier alpha value is -1.46. The second kappa shape index (κ2) is 6.81. The smallest absolute Gasteiger partial charge is 0.269 e. The van der Waals surface area contributed by atoms with E-state index in [0.717, 1.165) is 37.8 Å². The number of nitro groups is 1. The zero-order chi connectivity index (χ0) is 14.5.